The number of rotatable bonds is 6. The van der Waals surface area contributed by atoms with E-state index in [1.807, 2.05) is 20.8 Å². The Balaban J connectivity index is 4.53. The number of carboxylic acid groups (broad SMARTS) is 1. The summed E-state index contributed by atoms with van der Waals surface area (Å²) in [4.78, 5) is 22.5. The Labute approximate surface area is 103 Å². The van der Waals surface area contributed by atoms with Gasteiger partial charge in [0.15, 0.2) is 0 Å². The summed E-state index contributed by atoms with van der Waals surface area (Å²) in [6.07, 6.45) is 0.197. The molecule has 0 saturated carbocycles. The van der Waals surface area contributed by atoms with Crippen LogP contribution in [0.3, 0.4) is 0 Å². The zero-order valence-corrected chi connectivity index (χ0v) is 11.3. The smallest absolute Gasteiger partial charge is 0.305 e. The number of methoxy groups -OCH3 is 1. The first kappa shape index (κ1) is 15.9. The number of ether oxygens (including phenoxy) is 1. The van der Waals surface area contributed by atoms with Crippen LogP contribution in [-0.2, 0) is 14.3 Å². The van der Waals surface area contributed by atoms with Gasteiger partial charge >= 0.3 is 5.97 Å². The molecule has 1 unspecified atom stereocenters. The van der Waals surface area contributed by atoms with Crippen molar-refractivity contribution in [3.8, 4) is 0 Å². The van der Waals surface area contributed by atoms with Gasteiger partial charge in [0.1, 0.15) is 0 Å². The maximum Gasteiger partial charge on any atom is 0.305 e. The SMILES string of the molecule is COCC(C)(CC(=O)O)NC(=O)CC(C)(C)C. The van der Waals surface area contributed by atoms with E-state index in [1.54, 1.807) is 6.92 Å². The topological polar surface area (TPSA) is 75.6 Å². The highest BCUT2D eigenvalue weighted by Gasteiger charge is 2.30. The molecule has 1 atom stereocenters. The Morgan fingerprint density at radius 1 is 1.18 bits per heavy atom. The Morgan fingerprint density at radius 3 is 2.06 bits per heavy atom. The third-order valence-corrected chi connectivity index (χ3v) is 2.14. The van der Waals surface area contributed by atoms with Crippen molar-refractivity contribution in [2.45, 2.75) is 46.1 Å². The molecule has 100 valence electrons. The molecule has 0 aliphatic carbocycles. The summed E-state index contributed by atoms with van der Waals surface area (Å²) in [6.45, 7) is 7.71. The summed E-state index contributed by atoms with van der Waals surface area (Å²) in [5.74, 6) is -1.11. The summed E-state index contributed by atoms with van der Waals surface area (Å²) in [5, 5.41) is 11.6. The number of carbonyl (C=O) groups excluding carboxylic acids is 1. The predicted molar refractivity (Wildman–Crippen MR) is 64.7 cm³/mol. The molecule has 0 rings (SSSR count). The predicted octanol–water partition coefficient (Wildman–Crippen LogP) is 1.42. The van der Waals surface area contributed by atoms with E-state index >= 15 is 0 Å². The van der Waals surface area contributed by atoms with Crippen LogP contribution >= 0.6 is 0 Å². The Bertz CT molecular complexity index is 283. The molecule has 0 radical (unpaired) electrons. The number of hydrogen-bond acceptors (Lipinski definition) is 3. The lowest BCUT2D eigenvalue weighted by atomic mass is 9.90. The van der Waals surface area contributed by atoms with E-state index in [2.05, 4.69) is 5.32 Å². The van der Waals surface area contributed by atoms with E-state index in [1.165, 1.54) is 7.11 Å². The van der Waals surface area contributed by atoms with Gasteiger partial charge in [0.2, 0.25) is 5.91 Å². The first-order valence-electron chi connectivity index (χ1n) is 5.60. The fourth-order valence-electron chi connectivity index (χ4n) is 1.65. The molecule has 0 aliphatic heterocycles. The molecule has 1 amide bonds. The van der Waals surface area contributed by atoms with Gasteiger partial charge in [-0.15, -0.1) is 0 Å². The number of carbonyl (C=O) groups is 2. The van der Waals surface area contributed by atoms with Gasteiger partial charge in [-0.05, 0) is 12.3 Å². The third kappa shape index (κ3) is 7.74. The monoisotopic (exact) mass is 245 g/mol. The number of carboxylic acids is 1. The molecular weight excluding hydrogens is 222 g/mol. The molecule has 5 heteroatoms. The quantitative estimate of drug-likeness (QED) is 0.742. The van der Waals surface area contributed by atoms with Gasteiger partial charge in [0, 0.05) is 13.5 Å². The minimum absolute atomic E-state index is 0.124. The average molecular weight is 245 g/mol. The lowest BCUT2D eigenvalue weighted by Gasteiger charge is -2.30. The minimum atomic E-state index is -0.958. The lowest BCUT2D eigenvalue weighted by Crippen LogP contribution is -2.51. The van der Waals surface area contributed by atoms with Crippen LogP contribution < -0.4 is 5.32 Å². The molecule has 0 aromatic heterocycles. The van der Waals surface area contributed by atoms with Gasteiger partial charge < -0.3 is 15.2 Å². The fourth-order valence-corrected chi connectivity index (χ4v) is 1.65. The normalized spacial score (nSPS) is 15.1. The van der Waals surface area contributed by atoms with E-state index in [0.717, 1.165) is 0 Å². The third-order valence-electron chi connectivity index (χ3n) is 2.14. The molecule has 0 aliphatic rings. The van der Waals surface area contributed by atoms with E-state index in [0.29, 0.717) is 6.42 Å². The van der Waals surface area contributed by atoms with Gasteiger partial charge in [-0.2, -0.15) is 0 Å². The molecule has 0 bridgehead atoms. The molecule has 5 nitrogen and oxygen atoms in total. The lowest BCUT2D eigenvalue weighted by molar-refractivity contribution is -0.139. The van der Waals surface area contributed by atoms with E-state index in [9.17, 15) is 9.59 Å². The van der Waals surface area contributed by atoms with Gasteiger partial charge in [-0.25, -0.2) is 0 Å². The zero-order valence-electron chi connectivity index (χ0n) is 11.3. The molecule has 2 N–H and O–H groups in total. The van der Waals surface area contributed by atoms with Crippen molar-refractivity contribution in [1.29, 1.82) is 0 Å². The number of aliphatic carboxylic acids is 1. The molecule has 0 fully saturated rings. The molecule has 0 aromatic carbocycles. The second-order valence-corrected chi connectivity index (χ2v) is 5.85. The summed E-state index contributed by atoms with van der Waals surface area (Å²) >= 11 is 0. The highest BCUT2D eigenvalue weighted by molar-refractivity contribution is 5.78. The average Bonchev–Trinajstić information content (AvgIpc) is 1.96. The molecule has 0 heterocycles. The van der Waals surface area contributed by atoms with Crippen LogP contribution in [0.25, 0.3) is 0 Å². The summed E-state index contributed by atoms with van der Waals surface area (Å²) in [5.41, 5.74) is -0.982. The molecule has 0 aromatic rings. The first-order chi connectivity index (χ1) is 7.58. The van der Waals surface area contributed by atoms with Crippen molar-refractivity contribution in [2.75, 3.05) is 13.7 Å². The standard InChI is InChI=1S/C12H23NO4/c1-11(2,3)6-9(14)13-12(4,8-17-5)7-10(15)16/h6-8H2,1-5H3,(H,13,14)(H,15,16). The van der Waals surface area contributed by atoms with Crippen LogP contribution in [0.1, 0.15) is 40.5 Å². The largest absolute Gasteiger partial charge is 0.481 e. The van der Waals surface area contributed by atoms with Gasteiger partial charge in [-0.3, -0.25) is 9.59 Å². The van der Waals surface area contributed by atoms with Crippen LogP contribution in [0.4, 0.5) is 0 Å². The fraction of sp³-hybridized carbons (Fsp3) is 0.833. The van der Waals surface area contributed by atoms with Crippen LogP contribution in [-0.4, -0.2) is 36.2 Å². The van der Waals surface area contributed by atoms with Crippen molar-refractivity contribution >= 4 is 11.9 Å². The highest BCUT2D eigenvalue weighted by atomic mass is 16.5. The van der Waals surface area contributed by atoms with Crippen molar-refractivity contribution in [3.63, 3.8) is 0 Å². The van der Waals surface area contributed by atoms with E-state index < -0.39 is 11.5 Å². The van der Waals surface area contributed by atoms with Gasteiger partial charge in [0.05, 0.1) is 18.6 Å². The first-order valence-corrected chi connectivity index (χ1v) is 5.60. The van der Waals surface area contributed by atoms with Gasteiger partial charge in [-0.1, -0.05) is 20.8 Å². The second kappa shape index (κ2) is 6.00. The van der Waals surface area contributed by atoms with Crippen LogP contribution in [0, 0.1) is 5.41 Å². The Kier molecular flexibility index (Phi) is 5.61. The molecule has 0 spiro atoms. The van der Waals surface area contributed by atoms with Crippen molar-refractivity contribution < 1.29 is 19.4 Å². The van der Waals surface area contributed by atoms with Crippen LogP contribution in [0.15, 0.2) is 0 Å². The number of nitrogens with one attached hydrogen (secondary N) is 1. The Morgan fingerprint density at radius 2 is 1.71 bits per heavy atom. The maximum absolute atomic E-state index is 11.8. The maximum atomic E-state index is 11.8. The van der Waals surface area contributed by atoms with E-state index in [-0.39, 0.29) is 24.3 Å². The number of amides is 1. The second-order valence-electron chi connectivity index (χ2n) is 5.85. The van der Waals surface area contributed by atoms with Gasteiger partial charge in [0.25, 0.3) is 0 Å². The molecular formula is C12H23NO4. The minimum Gasteiger partial charge on any atom is -0.481 e. The van der Waals surface area contributed by atoms with Crippen molar-refractivity contribution in [3.05, 3.63) is 0 Å². The Hall–Kier alpha value is -1.10. The number of hydrogen-bond donors (Lipinski definition) is 2. The van der Waals surface area contributed by atoms with Crippen molar-refractivity contribution in [1.82, 2.24) is 5.32 Å². The highest BCUT2D eigenvalue weighted by Crippen LogP contribution is 2.19. The van der Waals surface area contributed by atoms with Crippen molar-refractivity contribution in [2.24, 2.45) is 5.41 Å². The van der Waals surface area contributed by atoms with Crippen LogP contribution in [0.2, 0.25) is 0 Å². The van der Waals surface area contributed by atoms with E-state index in [4.69, 9.17) is 9.84 Å². The molecule has 0 saturated heterocycles. The van der Waals surface area contributed by atoms with Crippen LogP contribution in [0.5, 0.6) is 0 Å². The zero-order chi connectivity index (χ0) is 13.7. The summed E-state index contributed by atoms with van der Waals surface area (Å²) in [6, 6.07) is 0. The molecule has 17 heavy (non-hydrogen) atoms. The summed E-state index contributed by atoms with van der Waals surface area (Å²) < 4.78 is 4.96. The summed E-state index contributed by atoms with van der Waals surface area (Å²) in [7, 11) is 1.48.